The first-order chi connectivity index (χ1) is 5.83. The first-order valence-electron chi connectivity index (χ1n) is 3.94. The lowest BCUT2D eigenvalue weighted by atomic mass is 10.2. The van der Waals surface area contributed by atoms with Gasteiger partial charge in [-0.2, -0.15) is 5.26 Å². The van der Waals surface area contributed by atoms with E-state index in [0.717, 1.165) is 12.2 Å². The van der Waals surface area contributed by atoms with Gasteiger partial charge in [-0.3, -0.25) is 0 Å². The number of aromatic nitrogens is 2. The molecule has 1 rings (SSSR count). The highest BCUT2D eigenvalue weighted by atomic mass is 15.1. The average Bonchev–Trinajstić information content (AvgIpc) is 2.55. The molecule has 1 aromatic rings. The Labute approximate surface area is 71.6 Å². The van der Waals surface area contributed by atoms with Gasteiger partial charge in [0.25, 0.3) is 0 Å². The maximum atomic E-state index is 8.78. The second kappa shape index (κ2) is 3.88. The molecule has 0 amide bonds. The van der Waals surface area contributed by atoms with Gasteiger partial charge in [0.1, 0.15) is 11.9 Å². The highest BCUT2D eigenvalue weighted by Crippen LogP contribution is 2.11. The Morgan fingerprint density at radius 1 is 1.83 bits per heavy atom. The van der Waals surface area contributed by atoms with Gasteiger partial charge in [-0.05, 0) is 6.42 Å². The van der Waals surface area contributed by atoms with Gasteiger partial charge < -0.3 is 10.3 Å². The number of nitrogens with two attached hydrogens (primary N) is 1. The van der Waals surface area contributed by atoms with Gasteiger partial charge >= 0.3 is 0 Å². The van der Waals surface area contributed by atoms with Crippen LogP contribution in [-0.2, 0) is 6.54 Å². The minimum absolute atomic E-state index is 0.133. The lowest BCUT2D eigenvalue weighted by Gasteiger charge is -2.10. The predicted molar refractivity (Wildman–Crippen MR) is 45.1 cm³/mol. The summed E-state index contributed by atoms with van der Waals surface area (Å²) < 4.78 is 1.82. The second-order valence-corrected chi connectivity index (χ2v) is 2.51. The van der Waals surface area contributed by atoms with Crippen molar-refractivity contribution >= 4 is 0 Å². The second-order valence-electron chi connectivity index (χ2n) is 2.51. The van der Waals surface area contributed by atoms with Gasteiger partial charge in [0.05, 0.1) is 12.6 Å². The molecule has 0 bridgehead atoms. The first-order valence-corrected chi connectivity index (χ1v) is 3.94. The van der Waals surface area contributed by atoms with Crippen LogP contribution in [0, 0.1) is 11.3 Å². The van der Waals surface area contributed by atoms with Crippen LogP contribution in [0.5, 0.6) is 0 Å². The third-order valence-electron chi connectivity index (χ3n) is 1.80. The van der Waals surface area contributed by atoms with Crippen molar-refractivity contribution in [1.29, 1.82) is 5.26 Å². The Morgan fingerprint density at radius 2 is 2.58 bits per heavy atom. The summed E-state index contributed by atoms with van der Waals surface area (Å²) in [7, 11) is 0. The van der Waals surface area contributed by atoms with Crippen LogP contribution in [0.25, 0.3) is 0 Å². The van der Waals surface area contributed by atoms with E-state index in [1.807, 2.05) is 11.5 Å². The summed E-state index contributed by atoms with van der Waals surface area (Å²) >= 11 is 0. The van der Waals surface area contributed by atoms with Gasteiger partial charge in [-0.25, -0.2) is 4.98 Å². The van der Waals surface area contributed by atoms with Crippen molar-refractivity contribution in [3.63, 3.8) is 0 Å². The monoisotopic (exact) mass is 164 g/mol. The van der Waals surface area contributed by atoms with Crippen molar-refractivity contribution in [2.75, 3.05) is 0 Å². The molecule has 0 aromatic carbocycles. The number of rotatable bonds is 3. The van der Waals surface area contributed by atoms with E-state index in [4.69, 9.17) is 11.0 Å². The number of hydrogen-bond donors (Lipinski definition) is 1. The SMILES string of the molecule is CCC(C#N)n1ccnc1CN. The molecule has 0 fully saturated rings. The topological polar surface area (TPSA) is 67.6 Å². The van der Waals surface area contributed by atoms with E-state index in [0.29, 0.717) is 6.54 Å². The summed E-state index contributed by atoms with van der Waals surface area (Å²) in [4.78, 5) is 4.04. The fourth-order valence-corrected chi connectivity index (χ4v) is 1.14. The van der Waals surface area contributed by atoms with Gasteiger partial charge in [-0.1, -0.05) is 6.92 Å². The summed E-state index contributed by atoms with van der Waals surface area (Å²) in [6.45, 7) is 2.35. The average molecular weight is 164 g/mol. The number of nitrogens with zero attached hydrogens (tertiary/aromatic N) is 3. The minimum Gasteiger partial charge on any atom is -0.324 e. The van der Waals surface area contributed by atoms with E-state index in [1.54, 1.807) is 12.4 Å². The van der Waals surface area contributed by atoms with Crippen molar-refractivity contribution in [3.8, 4) is 6.07 Å². The van der Waals surface area contributed by atoms with Crippen LogP contribution in [0.15, 0.2) is 12.4 Å². The van der Waals surface area contributed by atoms with Crippen LogP contribution in [-0.4, -0.2) is 9.55 Å². The molecule has 2 N–H and O–H groups in total. The van der Waals surface area contributed by atoms with Gasteiger partial charge in [-0.15, -0.1) is 0 Å². The standard InChI is InChI=1S/C8H12N4/c1-2-7(5-9)12-4-3-11-8(12)6-10/h3-4,7H,2,6,10H2,1H3. The van der Waals surface area contributed by atoms with Crippen molar-refractivity contribution < 1.29 is 0 Å². The quantitative estimate of drug-likeness (QED) is 0.719. The Balaban J connectivity index is 2.93. The largest absolute Gasteiger partial charge is 0.324 e. The molecule has 64 valence electrons. The van der Waals surface area contributed by atoms with Crippen LogP contribution in [0.3, 0.4) is 0 Å². The van der Waals surface area contributed by atoms with E-state index in [-0.39, 0.29) is 6.04 Å². The zero-order valence-electron chi connectivity index (χ0n) is 7.07. The van der Waals surface area contributed by atoms with E-state index < -0.39 is 0 Å². The van der Waals surface area contributed by atoms with Gasteiger partial charge in [0, 0.05) is 12.4 Å². The predicted octanol–water partition coefficient (Wildman–Crippen LogP) is 0.816. The van der Waals surface area contributed by atoms with E-state index in [2.05, 4.69) is 11.1 Å². The summed E-state index contributed by atoms with van der Waals surface area (Å²) in [5.41, 5.74) is 5.45. The molecule has 1 aromatic heterocycles. The molecule has 0 aliphatic heterocycles. The van der Waals surface area contributed by atoms with E-state index in [1.165, 1.54) is 0 Å². The smallest absolute Gasteiger partial charge is 0.123 e. The van der Waals surface area contributed by atoms with Crippen molar-refractivity contribution in [2.45, 2.75) is 25.9 Å². The van der Waals surface area contributed by atoms with E-state index >= 15 is 0 Å². The van der Waals surface area contributed by atoms with Crippen LogP contribution < -0.4 is 5.73 Å². The molecule has 0 aliphatic rings. The molecule has 1 atom stereocenters. The Hall–Kier alpha value is -1.34. The molecule has 0 radical (unpaired) electrons. The summed E-state index contributed by atoms with van der Waals surface area (Å²) in [5, 5.41) is 8.78. The molecule has 1 unspecified atom stereocenters. The fraction of sp³-hybridized carbons (Fsp3) is 0.500. The lowest BCUT2D eigenvalue weighted by Crippen LogP contribution is -2.12. The van der Waals surface area contributed by atoms with Crippen LogP contribution in [0.2, 0.25) is 0 Å². The van der Waals surface area contributed by atoms with Crippen LogP contribution in [0.4, 0.5) is 0 Å². The van der Waals surface area contributed by atoms with Crippen LogP contribution in [0.1, 0.15) is 25.2 Å². The number of imidazole rings is 1. The molecule has 0 saturated carbocycles. The first kappa shape index (κ1) is 8.75. The van der Waals surface area contributed by atoms with Crippen LogP contribution >= 0.6 is 0 Å². The molecule has 0 aliphatic carbocycles. The highest BCUT2D eigenvalue weighted by molar-refractivity contribution is 5.00. The molecule has 1 heterocycles. The highest BCUT2D eigenvalue weighted by Gasteiger charge is 2.09. The zero-order chi connectivity index (χ0) is 8.97. The summed E-state index contributed by atoms with van der Waals surface area (Å²) in [6.07, 6.45) is 4.24. The molecule has 4 heteroatoms. The zero-order valence-corrected chi connectivity index (χ0v) is 7.07. The van der Waals surface area contributed by atoms with E-state index in [9.17, 15) is 0 Å². The molecular weight excluding hydrogens is 152 g/mol. The third-order valence-corrected chi connectivity index (χ3v) is 1.80. The third kappa shape index (κ3) is 1.46. The number of hydrogen-bond acceptors (Lipinski definition) is 3. The Kier molecular flexibility index (Phi) is 2.83. The number of nitriles is 1. The van der Waals surface area contributed by atoms with Crippen molar-refractivity contribution in [1.82, 2.24) is 9.55 Å². The molecule has 0 spiro atoms. The maximum absolute atomic E-state index is 8.78. The van der Waals surface area contributed by atoms with Gasteiger partial charge in [0.15, 0.2) is 0 Å². The lowest BCUT2D eigenvalue weighted by molar-refractivity contribution is 0.568. The molecule has 12 heavy (non-hydrogen) atoms. The normalized spacial score (nSPS) is 12.4. The van der Waals surface area contributed by atoms with Crippen molar-refractivity contribution in [2.24, 2.45) is 5.73 Å². The minimum atomic E-state index is -0.133. The fourth-order valence-electron chi connectivity index (χ4n) is 1.14. The molecular formula is C8H12N4. The van der Waals surface area contributed by atoms with Gasteiger partial charge in [0.2, 0.25) is 0 Å². The molecule has 0 saturated heterocycles. The maximum Gasteiger partial charge on any atom is 0.123 e. The Morgan fingerprint density at radius 3 is 3.08 bits per heavy atom. The van der Waals surface area contributed by atoms with Crippen molar-refractivity contribution in [3.05, 3.63) is 18.2 Å². The summed E-state index contributed by atoms with van der Waals surface area (Å²) in [5.74, 6) is 0.767. The summed E-state index contributed by atoms with van der Waals surface area (Å²) in [6, 6.07) is 2.06. The molecule has 4 nitrogen and oxygen atoms in total. The Bertz CT molecular complexity index is 283.